The van der Waals surface area contributed by atoms with E-state index in [0.717, 1.165) is 19.1 Å². The first-order valence-electron chi connectivity index (χ1n) is 7.40. The second-order valence-electron chi connectivity index (χ2n) is 5.90. The molecule has 0 aromatic carbocycles. The van der Waals surface area contributed by atoms with Crippen molar-refractivity contribution in [3.05, 3.63) is 11.8 Å². The third kappa shape index (κ3) is 6.05. The van der Waals surface area contributed by atoms with Crippen molar-refractivity contribution in [2.24, 2.45) is 5.92 Å². The van der Waals surface area contributed by atoms with Gasteiger partial charge in [-0.3, -0.25) is 9.48 Å². The maximum atomic E-state index is 12.3. The molecule has 1 N–H and O–H groups in total. The van der Waals surface area contributed by atoms with Crippen LogP contribution in [0.5, 0.6) is 5.88 Å². The minimum absolute atomic E-state index is 0.0203. The Balaban J connectivity index is 2.97. The van der Waals surface area contributed by atoms with Gasteiger partial charge in [-0.05, 0) is 25.7 Å². The van der Waals surface area contributed by atoms with Gasteiger partial charge in [0.25, 0.3) is 11.8 Å². The van der Waals surface area contributed by atoms with Gasteiger partial charge >= 0.3 is 10.1 Å². The van der Waals surface area contributed by atoms with E-state index in [1.54, 1.807) is 0 Å². The summed E-state index contributed by atoms with van der Waals surface area (Å²) in [5.41, 5.74) is 0.134. The molecule has 8 heteroatoms. The van der Waals surface area contributed by atoms with Gasteiger partial charge in [0, 0.05) is 18.8 Å². The van der Waals surface area contributed by atoms with E-state index in [1.165, 1.54) is 10.9 Å². The van der Waals surface area contributed by atoms with Crippen molar-refractivity contribution in [1.29, 1.82) is 0 Å². The van der Waals surface area contributed by atoms with Gasteiger partial charge in [-0.15, -0.1) is 5.10 Å². The summed E-state index contributed by atoms with van der Waals surface area (Å²) < 4.78 is 29.0. The van der Waals surface area contributed by atoms with Gasteiger partial charge in [-0.1, -0.05) is 20.8 Å². The van der Waals surface area contributed by atoms with Crippen LogP contribution in [0.4, 0.5) is 0 Å². The number of rotatable bonds is 8. The zero-order valence-corrected chi connectivity index (χ0v) is 14.6. The van der Waals surface area contributed by atoms with Gasteiger partial charge < -0.3 is 9.50 Å². The summed E-state index contributed by atoms with van der Waals surface area (Å²) in [5.74, 6) is -0.107. The van der Waals surface area contributed by atoms with Crippen LogP contribution in [0.3, 0.4) is 0 Å². The molecule has 1 unspecified atom stereocenters. The molecular weight excluding hydrogens is 306 g/mol. The van der Waals surface area contributed by atoms with E-state index < -0.39 is 10.1 Å². The second kappa shape index (κ2) is 7.62. The number of aryl methyl sites for hydroxylation is 1. The van der Waals surface area contributed by atoms with Gasteiger partial charge in [0.05, 0.1) is 6.26 Å². The van der Waals surface area contributed by atoms with Crippen molar-refractivity contribution in [2.45, 2.75) is 53.1 Å². The highest BCUT2D eigenvalue weighted by molar-refractivity contribution is 7.86. The maximum Gasteiger partial charge on any atom is 0.307 e. The Morgan fingerprint density at radius 1 is 1.41 bits per heavy atom. The molecule has 0 bridgehead atoms. The number of carbonyl (C=O) groups excluding carboxylic acids is 1. The lowest BCUT2D eigenvalue weighted by Crippen LogP contribution is -2.33. The third-order valence-electron chi connectivity index (χ3n) is 2.86. The van der Waals surface area contributed by atoms with Gasteiger partial charge in [-0.2, -0.15) is 8.42 Å². The summed E-state index contributed by atoms with van der Waals surface area (Å²) >= 11 is 0. The Bertz CT molecular complexity index is 608. The fraction of sp³-hybridized carbons (Fsp3) is 0.714. The topological polar surface area (TPSA) is 90.3 Å². The van der Waals surface area contributed by atoms with Crippen molar-refractivity contribution in [3.8, 4) is 5.88 Å². The molecule has 126 valence electrons. The van der Waals surface area contributed by atoms with E-state index in [2.05, 4.69) is 24.3 Å². The fourth-order valence-electron chi connectivity index (χ4n) is 2.18. The van der Waals surface area contributed by atoms with Crippen LogP contribution < -0.4 is 9.50 Å². The van der Waals surface area contributed by atoms with Crippen LogP contribution in [0.2, 0.25) is 0 Å². The largest absolute Gasteiger partial charge is 0.359 e. The van der Waals surface area contributed by atoms with E-state index in [1.807, 2.05) is 13.8 Å². The van der Waals surface area contributed by atoms with E-state index in [-0.39, 0.29) is 23.4 Å². The second-order valence-corrected chi connectivity index (χ2v) is 7.48. The molecule has 0 fully saturated rings. The number of nitrogens with zero attached hydrogens (tertiary/aromatic N) is 2. The van der Waals surface area contributed by atoms with Crippen LogP contribution in [0.25, 0.3) is 0 Å². The number of hydrogen-bond donors (Lipinski definition) is 1. The summed E-state index contributed by atoms with van der Waals surface area (Å²) in [4.78, 5) is 12.3. The molecule has 1 atom stereocenters. The van der Waals surface area contributed by atoms with Gasteiger partial charge in [0.2, 0.25) is 0 Å². The minimum atomic E-state index is -3.74. The van der Waals surface area contributed by atoms with Crippen LogP contribution in [-0.4, -0.2) is 36.4 Å². The monoisotopic (exact) mass is 331 g/mol. The molecule has 7 nitrogen and oxygen atoms in total. The number of carbonyl (C=O) groups is 1. The van der Waals surface area contributed by atoms with Crippen LogP contribution in [0.1, 0.15) is 50.9 Å². The zero-order valence-electron chi connectivity index (χ0n) is 13.8. The molecule has 1 amide bonds. The van der Waals surface area contributed by atoms with E-state index in [0.29, 0.717) is 12.5 Å². The standard InChI is InChI=1S/C14H25N3O4S/c1-6-7-17-9-12(14(16-17)21-22(5,19)20)13(18)15-11(4)8-10(2)3/h9-11H,6-8H2,1-5H3,(H,15,18). The number of nitrogens with one attached hydrogen (secondary N) is 1. The normalized spacial score (nSPS) is 13.2. The lowest BCUT2D eigenvalue weighted by molar-refractivity contribution is 0.0934. The molecular formula is C14H25N3O4S. The first kappa shape index (κ1) is 18.5. The summed E-state index contributed by atoms with van der Waals surface area (Å²) in [6.07, 6.45) is 4.08. The Morgan fingerprint density at radius 2 is 2.05 bits per heavy atom. The average molecular weight is 331 g/mol. The Labute approximate surface area is 132 Å². The van der Waals surface area contributed by atoms with Crippen molar-refractivity contribution < 1.29 is 17.4 Å². The molecule has 0 aliphatic rings. The predicted octanol–water partition coefficient (Wildman–Crippen LogP) is 1.80. The molecule has 22 heavy (non-hydrogen) atoms. The molecule has 0 saturated carbocycles. The molecule has 0 spiro atoms. The Morgan fingerprint density at radius 3 is 2.55 bits per heavy atom. The minimum Gasteiger partial charge on any atom is -0.359 e. The fourth-order valence-corrected chi connectivity index (χ4v) is 2.59. The average Bonchev–Trinajstić information content (AvgIpc) is 2.68. The smallest absolute Gasteiger partial charge is 0.307 e. The van der Waals surface area contributed by atoms with Crippen LogP contribution in [0, 0.1) is 5.92 Å². The van der Waals surface area contributed by atoms with Gasteiger partial charge in [-0.25, -0.2) is 0 Å². The molecule has 0 aliphatic carbocycles. The quantitative estimate of drug-likeness (QED) is 0.734. The molecule has 1 rings (SSSR count). The molecule has 0 radical (unpaired) electrons. The van der Waals surface area contributed by atoms with Crippen LogP contribution in [0.15, 0.2) is 6.20 Å². The SMILES string of the molecule is CCCn1cc(C(=O)NC(C)CC(C)C)c(OS(C)(=O)=O)n1. The van der Waals surface area contributed by atoms with E-state index in [4.69, 9.17) is 4.18 Å². The van der Waals surface area contributed by atoms with Crippen LogP contribution >= 0.6 is 0 Å². The van der Waals surface area contributed by atoms with Gasteiger partial charge in [0.1, 0.15) is 5.56 Å². The first-order valence-corrected chi connectivity index (χ1v) is 9.21. The number of aromatic nitrogens is 2. The van der Waals surface area contributed by atoms with Crippen molar-refractivity contribution >= 4 is 16.0 Å². The highest BCUT2D eigenvalue weighted by Gasteiger charge is 2.22. The summed E-state index contributed by atoms with van der Waals surface area (Å²) in [6.45, 7) is 8.59. The molecule has 0 aliphatic heterocycles. The van der Waals surface area contributed by atoms with Crippen LogP contribution in [-0.2, 0) is 16.7 Å². The maximum absolute atomic E-state index is 12.3. The van der Waals surface area contributed by atoms with Gasteiger partial charge in [0.15, 0.2) is 0 Å². The Hall–Kier alpha value is -1.57. The molecule has 1 heterocycles. The highest BCUT2D eigenvalue weighted by Crippen LogP contribution is 2.18. The van der Waals surface area contributed by atoms with Crippen molar-refractivity contribution in [3.63, 3.8) is 0 Å². The number of hydrogen-bond acceptors (Lipinski definition) is 5. The summed E-state index contributed by atoms with van der Waals surface area (Å²) in [5, 5.41) is 6.87. The highest BCUT2D eigenvalue weighted by atomic mass is 32.2. The number of amides is 1. The van der Waals surface area contributed by atoms with Crippen molar-refractivity contribution in [1.82, 2.24) is 15.1 Å². The molecule has 0 saturated heterocycles. The predicted molar refractivity (Wildman–Crippen MR) is 84.4 cm³/mol. The van der Waals surface area contributed by atoms with E-state index >= 15 is 0 Å². The summed E-state index contributed by atoms with van der Waals surface area (Å²) in [6, 6.07) is -0.0203. The molecule has 1 aromatic rings. The lowest BCUT2D eigenvalue weighted by atomic mass is 10.1. The zero-order chi connectivity index (χ0) is 16.9. The molecule has 1 aromatic heterocycles. The van der Waals surface area contributed by atoms with E-state index in [9.17, 15) is 13.2 Å². The first-order chi connectivity index (χ1) is 10.1. The lowest BCUT2D eigenvalue weighted by Gasteiger charge is -2.15. The Kier molecular flexibility index (Phi) is 6.40. The summed E-state index contributed by atoms with van der Waals surface area (Å²) in [7, 11) is -3.74. The van der Waals surface area contributed by atoms with Crippen molar-refractivity contribution in [2.75, 3.05) is 6.26 Å². The third-order valence-corrected chi connectivity index (χ3v) is 3.32.